The van der Waals surface area contributed by atoms with Crippen molar-refractivity contribution in [2.45, 2.75) is 32.2 Å². The van der Waals surface area contributed by atoms with Crippen LogP contribution in [-0.4, -0.2) is 13.0 Å². The lowest BCUT2D eigenvalue weighted by Crippen LogP contribution is -2.23. The minimum absolute atomic E-state index is 0.0897. The minimum Gasteiger partial charge on any atom is -0.494 e. The van der Waals surface area contributed by atoms with Crippen LogP contribution in [-0.2, 0) is 6.11 Å². The molecule has 0 aliphatic carbocycles. The average Bonchev–Trinajstić information content (AvgIpc) is 2.94. The highest BCUT2D eigenvalue weighted by atomic mass is 19.4. The van der Waals surface area contributed by atoms with E-state index in [0.717, 1.165) is 43.2 Å². The lowest BCUT2D eigenvalue weighted by atomic mass is 10.0. The maximum Gasteiger partial charge on any atom is 0.573 e. The Kier molecular flexibility index (Phi) is 9.67. The highest BCUT2D eigenvalue weighted by molar-refractivity contribution is 5.66. The van der Waals surface area contributed by atoms with Crippen molar-refractivity contribution in [3.05, 3.63) is 113 Å². The van der Waals surface area contributed by atoms with E-state index >= 15 is 0 Å². The van der Waals surface area contributed by atoms with Crippen LogP contribution in [0.1, 0.15) is 36.5 Å². The molecule has 44 heavy (non-hydrogen) atoms. The molecule has 4 aromatic carbocycles. The maximum absolute atomic E-state index is 14.8. The van der Waals surface area contributed by atoms with Gasteiger partial charge in [0, 0.05) is 22.8 Å². The predicted octanol–water partition coefficient (Wildman–Crippen LogP) is 9.52. The first-order chi connectivity index (χ1) is 20.8. The molecule has 4 rings (SSSR count). The van der Waals surface area contributed by atoms with E-state index in [1.807, 2.05) is 6.92 Å². The number of ether oxygens (including phenoxy) is 3. The topological polar surface area (TPSA) is 27.7 Å². The number of benzene rings is 4. The van der Waals surface area contributed by atoms with Gasteiger partial charge in [-0.2, -0.15) is 8.78 Å². The smallest absolute Gasteiger partial charge is 0.494 e. The molecule has 230 valence electrons. The van der Waals surface area contributed by atoms with E-state index in [0.29, 0.717) is 36.1 Å². The van der Waals surface area contributed by atoms with Crippen LogP contribution in [0.5, 0.6) is 17.2 Å². The van der Waals surface area contributed by atoms with Crippen LogP contribution in [0.3, 0.4) is 0 Å². The van der Waals surface area contributed by atoms with Gasteiger partial charge in [0.2, 0.25) is 5.75 Å². The second-order valence-corrected chi connectivity index (χ2v) is 9.25. The van der Waals surface area contributed by atoms with Gasteiger partial charge in [-0.3, -0.25) is 0 Å². The van der Waals surface area contributed by atoms with Crippen molar-refractivity contribution >= 4 is 0 Å². The highest BCUT2D eigenvalue weighted by Crippen LogP contribution is 2.37. The summed E-state index contributed by atoms with van der Waals surface area (Å²) in [7, 11) is 0. The lowest BCUT2D eigenvalue weighted by molar-refractivity contribution is -0.276. The van der Waals surface area contributed by atoms with E-state index in [1.54, 1.807) is 24.3 Å². The molecule has 0 N–H and O–H groups in total. The fourth-order valence-electron chi connectivity index (χ4n) is 3.87. The molecule has 0 aliphatic rings. The molecular weight excluding hydrogens is 603 g/mol. The number of alkyl halides is 5. The highest BCUT2D eigenvalue weighted by Gasteiger charge is 2.38. The summed E-state index contributed by atoms with van der Waals surface area (Å²) in [4.78, 5) is 0. The zero-order valence-corrected chi connectivity index (χ0v) is 22.7. The largest absolute Gasteiger partial charge is 0.573 e. The third kappa shape index (κ3) is 8.18. The first-order valence-electron chi connectivity index (χ1n) is 12.9. The van der Waals surface area contributed by atoms with Crippen LogP contribution in [0.25, 0.3) is 11.1 Å². The van der Waals surface area contributed by atoms with Crippen LogP contribution < -0.4 is 14.2 Å². The summed E-state index contributed by atoms with van der Waals surface area (Å²) >= 11 is 0. The molecule has 0 saturated heterocycles. The molecule has 0 bridgehead atoms. The van der Waals surface area contributed by atoms with E-state index in [2.05, 4.69) is 21.3 Å². The standard InChI is InChI=1S/C32H21F9O3/c1-2-3-14-42-22-9-6-19(7-10-22)4-5-20-8-13-25(27(34)15-20)31(37,38)43-23-11-12-24(26(33)18-23)21-16-28(35)30(29(36)17-21)44-32(39,40)41/h6-13,15-18H,2-3,14H2,1H3. The molecular formula is C32H21F9O3. The number of halogens is 9. The van der Waals surface area contributed by atoms with Crippen molar-refractivity contribution in [1.29, 1.82) is 0 Å². The summed E-state index contributed by atoms with van der Waals surface area (Å²) in [5.74, 6) is -2.63. The molecule has 0 saturated carbocycles. The van der Waals surface area contributed by atoms with Gasteiger partial charge in [-0.05, 0) is 78.7 Å². The first kappa shape index (κ1) is 32.1. The normalized spacial score (nSPS) is 11.5. The molecule has 0 amide bonds. The van der Waals surface area contributed by atoms with Crippen LogP contribution in [0, 0.1) is 35.1 Å². The molecule has 0 aromatic heterocycles. The molecule has 0 atom stereocenters. The Morgan fingerprint density at radius 2 is 1.25 bits per heavy atom. The van der Waals surface area contributed by atoms with Crippen molar-refractivity contribution in [1.82, 2.24) is 0 Å². The Bertz CT molecular complexity index is 1670. The summed E-state index contributed by atoms with van der Waals surface area (Å²) in [6, 6.07) is 12.3. The van der Waals surface area contributed by atoms with Gasteiger partial charge in [-0.1, -0.05) is 25.2 Å². The third-order valence-corrected chi connectivity index (χ3v) is 5.97. The van der Waals surface area contributed by atoms with Crippen LogP contribution in [0.2, 0.25) is 0 Å². The molecule has 0 unspecified atom stereocenters. The van der Waals surface area contributed by atoms with Gasteiger partial charge in [0.05, 0.1) is 6.61 Å². The van der Waals surface area contributed by atoms with E-state index in [-0.39, 0.29) is 5.56 Å². The Labute approximate surface area is 245 Å². The number of unbranched alkanes of at least 4 members (excludes halogenated alkanes) is 1. The Morgan fingerprint density at radius 3 is 1.84 bits per heavy atom. The molecule has 4 aromatic rings. The maximum atomic E-state index is 14.8. The average molecular weight is 624 g/mol. The van der Waals surface area contributed by atoms with Crippen molar-refractivity contribution in [3.8, 4) is 40.2 Å². The van der Waals surface area contributed by atoms with E-state index < -0.39 is 63.9 Å². The van der Waals surface area contributed by atoms with Gasteiger partial charge in [-0.15, -0.1) is 13.2 Å². The van der Waals surface area contributed by atoms with Crippen molar-refractivity contribution < 1.29 is 53.7 Å². The number of hydrogen-bond donors (Lipinski definition) is 0. The fourth-order valence-corrected chi connectivity index (χ4v) is 3.87. The monoisotopic (exact) mass is 624 g/mol. The van der Waals surface area contributed by atoms with Crippen LogP contribution >= 0.6 is 0 Å². The van der Waals surface area contributed by atoms with E-state index in [9.17, 15) is 39.5 Å². The summed E-state index contributed by atoms with van der Waals surface area (Å²) in [5.41, 5.74) is -1.61. The quantitative estimate of drug-likeness (QED) is 0.106. The van der Waals surface area contributed by atoms with Crippen LogP contribution in [0.4, 0.5) is 39.5 Å². The molecule has 0 radical (unpaired) electrons. The Balaban J connectivity index is 1.48. The Hall–Kier alpha value is -4.79. The Morgan fingerprint density at radius 1 is 0.636 bits per heavy atom. The van der Waals surface area contributed by atoms with Crippen molar-refractivity contribution in [3.63, 3.8) is 0 Å². The van der Waals surface area contributed by atoms with Gasteiger partial charge in [0.15, 0.2) is 11.6 Å². The third-order valence-electron chi connectivity index (χ3n) is 5.97. The number of rotatable bonds is 9. The molecule has 3 nitrogen and oxygen atoms in total. The minimum atomic E-state index is -5.39. The van der Waals surface area contributed by atoms with E-state index in [4.69, 9.17) is 4.74 Å². The summed E-state index contributed by atoms with van der Waals surface area (Å²) in [6.07, 6.45) is -7.77. The summed E-state index contributed by atoms with van der Waals surface area (Å²) < 4.78 is 138. The lowest BCUT2D eigenvalue weighted by Gasteiger charge is -2.19. The first-order valence-corrected chi connectivity index (χ1v) is 12.9. The predicted molar refractivity (Wildman–Crippen MR) is 142 cm³/mol. The molecule has 12 heteroatoms. The van der Waals surface area contributed by atoms with Gasteiger partial charge < -0.3 is 14.2 Å². The molecule has 0 fully saturated rings. The van der Waals surface area contributed by atoms with E-state index in [1.165, 1.54) is 0 Å². The zero-order chi connectivity index (χ0) is 32.1. The van der Waals surface area contributed by atoms with Gasteiger partial charge in [0.1, 0.15) is 28.7 Å². The fraction of sp³-hybridized carbons (Fsp3) is 0.188. The summed E-state index contributed by atoms with van der Waals surface area (Å²) in [6.45, 7) is 2.61. The second kappa shape index (κ2) is 13.2. The SMILES string of the molecule is CCCCOc1ccc(C#Cc2ccc(C(F)(F)Oc3ccc(-c4cc(F)c(OC(F)(F)F)c(F)c4)c(F)c3)c(F)c2)cc1. The van der Waals surface area contributed by atoms with Crippen molar-refractivity contribution in [2.75, 3.05) is 6.61 Å². The molecule has 0 heterocycles. The molecule has 0 aliphatic heterocycles. The zero-order valence-electron chi connectivity index (χ0n) is 22.7. The second-order valence-electron chi connectivity index (χ2n) is 9.25. The van der Waals surface area contributed by atoms with Crippen LogP contribution in [0.15, 0.2) is 72.8 Å². The van der Waals surface area contributed by atoms with Gasteiger partial charge >= 0.3 is 12.5 Å². The molecule has 0 spiro atoms. The van der Waals surface area contributed by atoms with Gasteiger partial charge in [-0.25, -0.2) is 17.6 Å². The van der Waals surface area contributed by atoms with Gasteiger partial charge in [0.25, 0.3) is 0 Å². The van der Waals surface area contributed by atoms with Crippen molar-refractivity contribution in [2.24, 2.45) is 0 Å². The summed E-state index contributed by atoms with van der Waals surface area (Å²) in [5, 5.41) is 0. The number of hydrogen-bond acceptors (Lipinski definition) is 3.